The lowest BCUT2D eigenvalue weighted by molar-refractivity contribution is -0.142. The number of hydrogen-bond donors (Lipinski definition) is 1. The molecule has 2 unspecified atom stereocenters. The van der Waals surface area contributed by atoms with Gasteiger partial charge in [0.15, 0.2) is 0 Å². The van der Waals surface area contributed by atoms with Crippen LogP contribution in [0.15, 0.2) is 0 Å². The Morgan fingerprint density at radius 3 is 2.83 bits per heavy atom. The highest BCUT2D eigenvalue weighted by molar-refractivity contribution is 5.75. The van der Waals surface area contributed by atoms with E-state index in [9.17, 15) is 4.79 Å². The van der Waals surface area contributed by atoms with E-state index in [0.717, 1.165) is 32.6 Å². The SMILES string of the molecule is CCC1CN(C)CCCN1CCC(N)C(=O)OC. The van der Waals surface area contributed by atoms with Crippen molar-refractivity contribution >= 4 is 5.97 Å². The summed E-state index contributed by atoms with van der Waals surface area (Å²) in [5, 5.41) is 0. The Morgan fingerprint density at radius 2 is 2.22 bits per heavy atom. The van der Waals surface area contributed by atoms with Crippen LogP contribution in [0.2, 0.25) is 0 Å². The lowest BCUT2D eigenvalue weighted by Gasteiger charge is -2.30. The van der Waals surface area contributed by atoms with Crippen LogP contribution in [0.4, 0.5) is 0 Å². The zero-order valence-corrected chi connectivity index (χ0v) is 11.9. The van der Waals surface area contributed by atoms with E-state index in [1.807, 2.05) is 0 Å². The number of hydrogen-bond acceptors (Lipinski definition) is 5. The number of nitrogens with zero attached hydrogens (tertiary/aromatic N) is 2. The van der Waals surface area contributed by atoms with Gasteiger partial charge < -0.3 is 15.4 Å². The van der Waals surface area contributed by atoms with Crippen molar-refractivity contribution in [2.24, 2.45) is 5.73 Å². The number of carbonyl (C=O) groups is 1. The summed E-state index contributed by atoms with van der Waals surface area (Å²) in [6, 6.07) is 0.0795. The molecule has 0 saturated carbocycles. The molecule has 0 spiro atoms. The molecule has 0 amide bonds. The molecule has 1 fully saturated rings. The Labute approximate surface area is 110 Å². The number of methoxy groups -OCH3 is 1. The van der Waals surface area contributed by atoms with Crippen molar-refractivity contribution in [3.8, 4) is 0 Å². The van der Waals surface area contributed by atoms with Crippen LogP contribution in [-0.2, 0) is 9.53 Å². The van der Waals surface area contributed by atoms with Crippen molar-refractivity contribution in [1.82, 2.24) is 9.80 Å². The first-order chi connectivity index (χ1) is 8.58. The lowest BCUT2D eigenvalue weighted by Crippen LogP contribution is -2.43. The predicted molar refractivity (Wildman–Crippen MR) is 72.4 cm³/mol. The third kappa shape index (κ3) is 4.55. The van der Waals surface area contributed by atoms with Gasteiger partial charge in [-0.05, 0) is 39.4 Å². The van der Waals surface area contributed by atoms with E-state index < -0.39 is 6.04 Å². The van der Waals surface area contributed by atoms with Crippen molar-refractivity contribution in [3.05, 3.63) is 0 Å². The van der Waals surface area contributed by atoms with Crippen molar-refractivity contribution < 1.29 is 9.53 Å². The van der Waals surface area contributed by atoms with Gasteiger partial charge in [0.1, 0.15) is 6.04 Å². The van der Waals surface area contributed by atoms with Gasteiger partial charge in [0, 0.05) is 19.1 Å². The monoisotopic (exact) mass is 257 g/mol. The summed E-state index contributed by atoms with van der Waals surface area (Å²) in [6.07, 6.45) is 2.99. The highest BCUT2D eigenvalue weighted by Gasteiger charge is 2.23. The first-order valence-corrected chi connectivity index (χ1v) is 6.84. The zero-order valence-electron chi connectivity index (χ0n) is 11.9. The quantitative estimate of drug-likeness (QED) is 0.718. The van der Waals surface area contributed by atoms with Gasteiger partial charge in [-0.25, -0.2) is 0 Å². The van der Waals surface area contributed by atoms with Crippen LogP contribution in [0.5, 0.6) is 0 Å². The maximum absolute atomic E-state index is 11.3. The topological polar surface area (TPSA) is 58.8 Å². The molecule has 5 heteroatoms. The molecule has 0 aromatic carbocycles. The minimum Gasteiger partial charge on any atom is -0.468 e. The fraction of sp³-hybridized carbons (Fsp3) is 0.923. The number of carbonyl (C=O) groups excluding carboxylic acids is 1. The van der Waals surface area contributed by atoms with Crippen LogP contribution in [0.25, 0.3) is 0 Å². The van der Waals surface area contributed by atoms with Crippen LogP contribution in [0, 0.1) is 0 Å². The number of ether oxygens (including phenoxy) is 1. The van der Waals surface area contributed by atoms with Crippen LogP contribution in [-0.4, -0.2) is 68.2 Å². The van der Waals surface area contributed by atoms with E-state index in [1.54, 1.807) is 0 Å². The van der Waals surface area contributed by atoms with E-state index in [1.165, 1.54) is 13.5 Å². The number of esters is 1. The molecule has 0 bridgehead atoms. The van der Waals surface area contributed by atoms with E-state index >= 15 is 0 Å². The Morgan fingerprint density at radius 1 is 1.50 bits per heavy atom. The van der Waals surface area contributed by atoms with Crippen LogP contribution in [0.3, 0.4) is 0 Å². The van der Waals surface area contributed by atoms with Gasteiger partial charge in [0.05, 0.1) is 7.11 Å². The molecule has 0 aliphatic carbocycles. The molecular weight excluding hydrogens is 230 g/mol. The molecule has 5 nitrogen and oxygen atoms in total. The van der Waals surface area contributed by atoms with E-state index in [2.05, 4.69) is 28.5 Å². The maximum atomic E-state index is 11.3. The lowest BCUT2D eigenvalue weighted by atomic mass is 10.1. The highest BCUT2D eigenvalue weighted by Crippen LogP contribution is 2.12. The number of likely N-dealkylation sites (N-methyl/N-ethyl adjacent to an activating group) is 1. The molecule has 1 aliphatic rings. The first kappa shape index (κ1) is 15.4. The minimum atomic E-state index is -0.492. The molecule has 106 valence electrons. The van der Waals surface area contributed by atoms with Gasteiger partial charge in [-0.3, -0.25) is 9.69 Å². The van der Waals surface area contributed by atoms with Gasteiger partial charge in [-0.15, -0.1) is 0 Å². The Balaban J connectivity index is 2.45. The minimum absolute atomic E-state index is 0.310. The molecule has 2 N–H and O–H groups in total. The van der Waals surface area contributed by atoms with Crippen LogP contribution in [0.1, 0.15) is 26.2 Å². The average Bonchev–Trinajstić information content (AvgIpc) is 2.56. The van der Waals surface area contributed by atoms with Crippen molar-refractivity contribution in [3.63, 3.8) is 0 Å². The maximum Gasteiger partial charge on any atom is 0.322 e. The summed E-state index contributed by atoms with van der Waals surface area (Å²) in [5.74, 6) is -0.310. The molecule has 1 aliphatic heterocycles. The second kappa shape index (κ2) is 7.71. The fourth-order valence-electron chi connectivity index (χ4n) is 2.55. The van der Waals surface area contributed by atoms with Crippen LogP contribution >= 0.6 is 0 Å². The van der Waals surface area contributed by atoms with E-state index in [0.29, 0.717) is 12.5 Å². The molecule has 2 atom stereocenters. The first-order valence-electron chi connectivity index (χ1n) is 6.84. The smallest absolute Gasteiger partial charge is 0.322 e. The van der Waals surface area contributed by atoms with E-state index in [-0.39, 0.29) is 5.97 Å². The standard InChI is InChI=1S/C13H27N3O2/c1-4-11-10-15(2)7-5-8-16(11)9-6-12(14)13(17)18-3/h11-12H,4-10,14H2,1-3H3. The number of rotatable bonds is 5. The second-order valence-electron chi connectivity index (χ2n) is 5.13. The average molecular weight is 257 g/mol. The molecule has 0 radical (unpaired) electrons. The Bertz CT molecular complexity index is 261. The molecule has 0 aromatic heterocycles. The third-order valence-electron chi connectivity index (χ3n) is 3.73. The summed E-state index contributed by atoms with van der Waals surface area (Å²) < 4.78 is 4.66. The normalized spacial score (nSPS) is 24.6. The largest absolute Gasteiger partial charge is 0.468 e. The van der Waals surface area contributed by atoms with Gasteiger partial charge >= 0.3 is 5.97 Å². The predicted octanol–water partition coefficient (Wildman–Crippen LogP) is 0.293. The third-order valence-corrected chi connectivity index (χ3v) is 3.73. The van der Waals surface area contributed by atoms with Crippen molar-refractivity contribution in [2.75, 3.05) is 40.3 Å². The molecule has 1 heterocycles. The van der Waals surface area contributed by atoms with Gasteiger partial charge in [0.2, 0.25) is 0 Å². The van der Waals surface area contributed by atoms with Crippen molar-refractivity contribution in [1.29, 1.82) is 0 Å². The molecule has 1 saturated heterocycles. The van der Waals surface area contributed by atoms with Crippen LogP contribution < -0.4 is 5.73 Å². The Kier molecular flexibility index (Phi) is 6.60. The van der Waals surface area contributed by atoms with Gasteiger partial charge in [-0.1, -0.05) is 6.92 Å². The summed E-state index contributed by atoms with van der Waals surface area (Å²) in [6.45, 7) is 6.44. The Hall–Kier alpha value is -0.650. The molecular formula is C13H27N3O2. The summed E-state index contributed by atoms with van der Waals surface area (Å²) in [7, 11) is 3.56. The highest BCUT2D eigenvalue weighted by atomic mass is 16.5. The van der Waals surface area contributed by atoms with Gasteiger partial charge in [-0.2, -0.15) is 0 Å². The van der Waals surface area contributed by atoms with Gasteiger partial charge in [0.25, 0.3) is 0 Å². The molecule has 18 heavy (non-hydrogen) atoms. The molecule has 1 rings (SSSR count). The summed E-state index contributed by atoms with van der Waals surface area (Å²) in [5.41, 5.74) is 5.79. The molecule has 0 aromatic rings. The van der Waals surface area contributed by atoms with E-state index in [4.69, 9.17) is 5.73 Å². The van der Waals surface area contributed by atoms with Crippen molar-refractivity contribution in [2.45, 2.75) is 38.3 Å². The zero-order chi connectivity index (χ0) is 13.5. The fourth-order valence-corrected chi connectivity index (χ4v) is 2.55. The summed E-state index contributed by atoms with van der Waals surface area (Å²) in [4.78, 5) is 16.1. The summed E-state index contributed by atoms with van der Waals surface area (Å²) >= 11 is 0. The number of nitrogens with two attached hydrogens (primary N) is 1. The second-order valence-corrected chi connectivity index (χ2v) is 5.13.